The van der Waals surface area contributed by atoms with Crippen molar-refractivity contribution in [1.82, 2.24) is 5.32 Å². The van der Waals surface area contributed by atoms with Crippen LogP contribution < -0.4 is 11.1 Å². The molecule has 2 unspecified atom stereocenters. The number of nitrogens with two attached hydrogens (primary N) is 1. The zero-order valence-electron chi connectivity index (χ0n) is 14.4. The number of ketones is 1. The molecule has 0 bridgehead atoms. The molecule has 0 spiro atoms. The number of amides is 1. The molecule has 1 aliphatic carbocycles. The van der Waals surface area contributed by atoms with Gasteiger partial charge >= 0.3 is 0 Å². The van der Waals surface area contributed by atoms with E-state index in [4.69, 9.17) is 5.73 Å². The van der Waals surface area contributed by atoms with Gasteiger partial charge in [-0.25, -0.2) is 0 Å². The minimum atomic E-state index is -1.20. The Kier molecular flexibility index (Phi) is 6.52. The molecule has 0 aromatic heterocycles. The number of carbonyl (C=O) groups excluding carboxylic acids is 2. The molecule has 4 N–H and O–H groups in total. The molecule has 3 atom stereocenters. The van der Waals surface area contributed by atoms with Gasteiger partial charge in [0, 0.05) is 18.4 Å². The van der Waals surface area contributed by atoms with Crippen LogP contribution in [0, 0.1) is 11.8 Å². The maximum atomic E-state index is 12.4. The molecule has 132 valence electrons. The third-order valence-electron chi connectivity index (χ3n) is 4.53. The minimum Gasteiger partial charge on any atom is -0.383 e. The van der Waals surface area contributed by atoms with Crippen molar-refractivity contribution in [2.75, 3.05) is 0 Å². The van der Waals surface area contributed by atoms with E-state index in [-0.39, 0.29) is 30.1 Å². The van der Waals surface area contributed by atoms with Crippen molar-refractivity contribution in [3.05, 3.63) is 35.9 Å². The standard InChI is InChI=1S/C19H28N2O3/c1-12(2)17(20)16(22)11-14(10-13-6-4-3-5-7-13)18(23)19(24)21-15-8-9-15/h3-7,12,14-15,17-18,23H,8-11,20H2,1-2H3,(H,21,24)/t14?,17-,18?/m0/s1. The Morgan fingerprint density at radius 1 is 1.25 bits per heavy atom. The van der Waals surface area contributed by atoms with E-state index < -0.39 is 18.1 Å². The van der Waals surface area contributed by atoms with Crippen LogP contribution in [0.4, 0.5) is 0 Å². The molecule has 0 aliphatic heterocycles. The Balaban J connectivity index is 2.07. The summed E-state index contributed by atoms with van der Waals surface area (Å²) in [6.45, 7) is 3.79. The number of Topliss-reactive ketones (excluding diaryl/α,β-unsaturated/α-hetero) is 1. The summed E-state index contributed by atoms with van der Waals surface area (Å²) in [5.41, 5.74) is 6.93. The van der Waals surface area contributed by atoms with Crippen LogP contribution >= 0.6 is 0 Å². The maximum Gasteiger partial charge on any atom is 0.249 e. The minimum absolute atomic E-state index is 0.0345. The van der Waals surface area contributed by atoms with E-state index in [1.807, 2.05) is 44.2 Å². The van der Waals surface area contributed by atoms with E-state index in [9.17, 15) is 14.7 Å². The van der Waals surface area contributed by atoms with Crippen LogP contribution in [0.15, 0.2) is 30.3 Å². The van der Waals surface area contributed by atoms with E-state index in [1.54, 1.807) is 0 Å². The van der Waals surface area contributed by atoms with Gasteiger partial charge in [-0.2, -0.15) is 0 Å². The maximum absolute atomic E-state index is 12.4. The number of aliphatic hydroxyl groups excluding tert-OH is 1. The number of carbonyl (C=O) groups is 2. The molecule has 5 nitrogen and oxygen atoms in total. The van der Waals surface area contributed by atoms with Crippen molar-refractivity contribution in [2.45, 2.75) is 57.7 Å². The van der Waals surface area contributed by atoms with Gasteiger partial charge in [-0.1, -0.05) is 44.2 Å². The fourth-order valence-corrected chi connectivity index (χ4v) is 2.71. The molecule has 1 amide bonds. The van der Waals surface area contributed by atoms with Gasteiger partial charge in [0.15, 0.2) is 0 Å². The first-order valence-electron chi connectivity index (χ1n) is 8.69. The zero-order chi connectivity index (χ0) is 17.7. The predicted octanol–water partition coefficient (Wildman–Crippen LogP) is 1.43. The van der Waals surface area contributed by atoms with Crippen molar-refractivity contribution in [3.8, 4) is 0 Å². The van der Waals surface area contributed by atoms with E-state index >= 15 is 0 Å². The number of benzene rings is 1. The normalized spacial score (nSPS) is 18.0. The average molecular weight is 332 g/mol. The van der Waals surface area contributed by atoms with Crippen LogP contribution in [0.25, 0.3) is 0 Å². The Morgan fingerprint density at radius 2 is 1.88 bits per heavy atom. The van der Waals surface area contributed by atoms with Crippen LogP contribution in [0.5, 0.6) is 0 Å². The summed E-state index contributed by atoms with van der Waals surface area (Å²) in [6, 6.07) is 9.21. The van der Waals surface area contributed by atoms with E-state index in [0.29, 0.717) is 6.42 Å². The zero-order valence-corrected chi connectivity index (χ0v) is 14.4. The second-order valence-electron chi connectivity index (χ2n) is 7.12. The lowest BCUT2D eigenvalue weighted by Gasteiger charge is -2.24. The highest BCUT2D eigenvalue weighted by molar-refractivity contribution is 5.86. The van der Waals surface area contributed by atoms with Gasteiger partial charge < -0.3 is 16.2 Å². The van der Waals surface area contributed by atoms with E-state index in [2.05, 4.69) is 5.32 Å². The summed E-state index contributed by atoms with van der Waals surface area (Å²) in [6.07, 6.45) is 1.29. The molecule has 0 heterocycles. The van der Waals surface area contributed by atoms with Crippen molar-refractivity contribution in [1.29, 1.82) is 0 Å². The van der Waals surface area contributed by atoms with Crippen LogP contribution in [0.1, 0.15) is 38.7 Å². The molecular weight excluding hydrogens is 304 g/mol. The first-order chi connectivity index (χ1) is 11.4. The largest absolute Gasteiger partial charge is 0.383 e. The third-order valence-corrected chi connectivity index (χ3v) is 4.53. The lowest BCUT2D eigenvalue weighted by atomic mass is 9.85. The summed E-state index contributed by atoms with van der Waals surface area (Å²) < 4.78 is 0. The number of hydrogen-bond donors (Lipinski definition) is 3. The molecule has 1 aliphatic rings. The quantitative estimate of drug-likeness (QED) is 0.638. The molecule has 2 rings (SSSR count). The lowest BCUT2D eigenvalue weighted by molar-refractivity contribution is -0.133. The highest BCUT2D eigenvalue weighted by Gasteiger charge is 2.33. The fraction of sp³-hybridized carbons (Fsp3) is 0.579. The monoisotopic (exact) mass is 332 g/mol. The van der Waals surface area contributed by atoms with Crippen molar-refractivity contribution in [3.63, 3.8) is 0 Å². The van der Waals surface area contributed by atoms with Crippen molar-refractivity contribution < 1.29 is 14.7 Å². The van der Waals surface area contributed by atoms with Crippen LogP contribution in [-0.4, -0.2) is 35.0 Å². The van der Waals surface area contributed by atoms with Crippen LogP contribution in [0.3, 0.4) is 0 Å². The number of hydrogen-bond acceptors (Lipinski definition) is 4. The Labute approximate surface area is 143 Å². The van der Waals surface area contributed by atoms with Crippen LogP contribution in [-0.2, 0) is 16.0 Å². The van der Waals surface area contributed by atoms with Gasteiger partial charge in [0.25, 0.3) is 0 Å². The lowest BCUT2D eigenvalue weighted by Crippen LogP contribution is -2.44. The summed E-state index contributed by atoms with van der Waals surface area (Å²) in [7, 11) is 0. The van der Waals surface area contributed by atoms with Gasteiger partial charge in [-0.3, -0.25) is 9.59 Å². The Bertz CT molecular complexity index is 555. The highest BCUT2D eigenvalue weighted by atomic mass is 16.3. The third kappa shape index (κ3) is 5.42. The summed E-state index contributed by atoms with van der Waals surface area (Å²) in [5, 5.41) is 13.3. The first kappa shape index (κ1) is 18.6. The molecular formula is C19H28N2O3. The van der Waals surface area contributed by atoms with E-state index in [0.717, 1.165) is 18.4 Å². The van der Waals surface area contributed by atoms with Gasteiger partial charge in [0.2, 0.25) is 5.91 Å². The van der Waals surface area contributed by atoms with Crippen LogP contribution in [0.2, 0.25) is 0 Å². The smallest absolute Gasteiger partial charge is 0.249 e. The molecule has 1 fully saturated rings. The summed E-state index contributed by atoms with van der Waals surface area (Å²) in [5.74, 6) is -0.927. The van der Waals surface area contributed by atoms with Crippen molar-refractivity contribution in [2.24, 2.45) is 17.6 Å². The molecule has 1 saturated carbocycles. The Hall–Kier alpha value is -1.72. The molecule has 1 aromatic rings. The molecule has 5 heteroatoms. The van der Waals surface area contributed by atoms with Gasteiger partial charge in [-0.15, -0.1) is 0 Å². The Morgan fingerprint density at radius 3 is 2.42 bits per heavy atom. The van der Waals surface area contributed by atoms with Gasteiger partial charge in [0.05, 0.1) is 6.04 Å². The summed E-state index contributed by atoms with van der Waals surface area (Å²) >= 11 is 0. The molecule has 0 saturated heterocycles. The molecule has 24 heavy (non-hydrogen) atoms. The predicted molar refractivity (Wildman–Crippen MR) is 93.2 cm³/mol. The number of aliphatic hydroxyl groups is 1. The molecule has 0 radical (unpaired) electrons. The van der Waals surface area contributed by atoms with E-state index in [1.165, 1.54) is 0 Å². The summed E-state index contributed by atoms with van der Waals surface area (Å²) in [4.78, 5) is 24.6. The number of nitrogens with one attached hydrogen (secondary N) is 1. The SMILES string of the molecule is CC(C)[C@H](N)C(=O)CC(Cc1ccccc1)C(O)C(=O)NC1CC1. The topological polar surface area (TPSA) is 92.4 Å². The fourth-order valence-electron chi connectivity index (χ4n) is 2.71. The first-order valence-corrected chi connectivity index (χ1v) is 8.69. The van der Waals surface area contributed by atoms with Crippen molar-refractivity contribution >= 4 is 11.7 Å². The second-order valence-corrected chi connectivity index (χ2v) is 7.12. The molecule has 1 aromatic carbocycles. The average Bonchev–Trinajstić information content (AvgIpc) is 3.37. The highest BCUT2D eigenvalue weighted by Crippen LogP contribution is 2.22. The second kappa shape index (κ2) is 8.40. The van der Waals surface area contributed by atoms with Gasteiger partial charge in [0.1, 0.15) is 11.9 Å². The number of rotatable bonds is 9. The van der Waals surface area contributed by atoms with Gasteiger partial charge in [-0.05, 0) is 30.7 Å².